The Morgan fingerprint density at radius 3 is 2.39 bits per heavy atom. The van der Waals surface area contributed by atoms with Crippen molar-refractivity contribution in [2.75, 3.05) is 17.7 Å². The summed E-state index contributed by atoms with van der Waals surface area (Å²) in [4.78, 5) is 23.8. The highest BCUT2D eigenvalue weighted by Crippen LogP contribution is 2.28. The van der Waals surface area contributed by atoms with E-state index >= 15 is 0 Å². The molecule has 2 aromatic rings. The van der Waals surface area contributed by atoms with Gasteiger partial charge in [-0.2, -0.15) is 0 Å². The number of esters is 1. The predicted octanol–water partition coefficient (Wildman–Crippen LogP) is 3.49. The second-order valence-corrected chi connectivity index (χ2v) is 10.3. The van der Waals surface area contributed by atoms with Crippen LogP contribution in [0.2, 0.25) is 0 Å². The lowest BCUT2D eigenvalue weighted by Crippen LogP contribution is -2.25. The summed E-state index contributed by atoms with van der Waals surface area (Å²) < 4.78 is 30.3. The fourth-order valence-electron chi connectivity index (χ4n) is 3.32. The first-order valence-corrected chi connectivity index (χ1v) is 12.7. The fourth-order valence-corrected chi connectivity index (χ4v) is 5.65. The van der Waals surface area contributed by atoms with E-state index in [0.717, 1.165) is 31.0 Å². The van der Waals surface area contributed by atoms with Crippen LogP contribution in [0.1, 0.15) is 49.4 Å². The molecule has 0 aliphatic heterocycles. The van der Waals surface area contributed by atoms with Crippen LogP contribution >= 0.6 is 11.8 Å². The molecular weight excluding hydrogens is 438 g/mol. The summed E-state index contributed by atoms with van der Waals surface area (Å²) in [6, 6.07) is 9.45. The van der Waals surface area contributed by atoms with E-state index in [2.05, 4.69) is 15.5 Å². The molecule has 1 aliphatic rings. The van der Waals surface area contributed by atoms with Gasteiger partial charge in [-0.1, -0.05) is 31.0 Å². The summed E-state index contributed by atoms with van der Waals surface area (Å²) in [7, 11) is -3.46. The number of hydrogen-bond donors (Lipinski definition) is 1. The predicted molar refractivity (Wildman–Crippen MR) is 118 cm³/mol. The van der Waals surface area contributed by atoms with Crippen molar-refractivity contribution in [3.05, 3.63) is 42.0 Å². The minimum absolute atomic E-state index is 0.00473. The summed E-state index contributed by atoms with van der Waals surface area (Å²) in [6.07, 6.45) is 4.26. The topological polar surface area (TPSA) is 115 Å². The summed E-state index contributed by atoms with van der Waals surface area (Å²) in [6.45, 7) is 2.03. The zero-order valence-corrected chi connectivity index (χ0v) is 18.9. The van der Waals surface area contributed by atoms with E-state index in [1.807, 2.05) is 0 Å². The standard InChI is InChI=1S/C21H25N3O5S2/c1-2-29-21(26)15-8-10-16(11-9-15)22-18(25)14-30-19-12-13-20(24-23-19)31(27,28)17-6-4-3-5-7-17/h8-13,17H,2-7,14H2,1H3,(H,22,25). The first-order valence-electron chi connectivity index (χ1n) is 10.2. The molecular formula is C21H25N3O5S2. The Hall–Kier alpha value is -2.46. The van der Waals surface area contributed by atoms with Gasteiger partial charge >= 0.3 is 5.97 Å². The third-order valence-electron chi connectivity index (χ3n) is 4.93. The number of benzene rings is 1. The van der Waals surface area contributed by atoms with E-state index < -0.39 is 15.8 Å². The number of aromatic nitrogens is 2. The van der Waals surface area contributed by atoms with Crippen LogP contribution in [0.5, 0.6) is 0 Å². The van der Waals surface area contributed by atoms with Crippen molar-refractivity contribution in [1.29, 1.82) is 0 Å². The number of rotatable bonds is 8. The minimum atomic E-state index is -3.46. The Balaban J connectivity index is 1.52. The molecule has 3 rings (SSSR count). The number of amides is 1. The summed E-state index contributed by atoms with van der Waals surface area (Å²) in [5.41, 5.74) is 0.964. The van der Waals surface area contributed by atoms with Crippen LogP contribution in [0.3, 0.4) is 0 Å². The third kappa shape index (κ3) is 6.27. The van der Waals surface area contributed by atoms with Gasteiger partial charge in [-0.15, -0.1) is 10.2 Å². The zero-order chi connectivity index (χ0) is 22.3. The number of nitrogens with zero attached hydrogens (tertiary/aromatic N) is 2. The van der Waals surface area contributed by atoms with Crippen LogP contribution in [-0.2, 0) is 19.4 Å². The Kier molecular flexibility index (Phi) is 8.03. The molecule has 10 heteroatoms. The van der Waals surface area contributed by atoms with Gasteiger partial charge in [0.1, 0.15) is 5.03 Å². The first-order chi connectivity index (χ1) is 14.9. The Bertz CT molecular complexity index is 1000. The van der Waals surface area contributed by atoms with Crippen molar-refractivity contribution in [1.82, 2.24) is 10.2 Å². The Labute approximate surface area is 186 Å². The number of hydrogen-bond acceptors (Lipinski definition) is 8. The molecule has 166 valence electrons. The van der Waals surface area contributed by atoms with E-state index in [1.165, 1.54) is 6.07 Å². The molecule has 31 heavy (non-hydrogen) atoms. The first kappa shape index (κ1) is 23.2. The fraction of sp³-hybridized carbons (Fsp3) is 0.429. The molecule has 0 radical (unpaired) electrons. The average Bonchev–Trinajstić information content (AvgIpc) is 2.79. The van der Waals surface area contributed by atoms with Crippen LogP contribution < -0.4 is 5.32 Å². The number of ether oxygens (including phenoxy) is 1. The molecule has 1 aromatic carbocycles. The van der Waals surface area contributed by atoms with Gasteiger partial charge < -0.3 is 10.1 Å². The lowest BCUT2D eigenvalue weighted by atomic mass is 10.0. The van der Waals surface area contributed by atoms with Gasteiger partial charge in [0, 0.05) is 5.69 Å². The highest BCUT2D eigenvalue weighted by Gasteiger charge is 2.30. The highest BCUT2D eigenvalue weighted by molar-refractivity contribution is 7.99. The quantitative estimate of drug-likeness (QED) is 0.467. The van der Waals surface area contributed by atoms with Crippen LogP contribution in [0.15, 0.2) is 46.5 Å². The number of sulfone groups is 1. The number of nitrogens with one attached hydrogen (secondary N) is 1. The van der Waals surface area contributed by atoms with Crippen LogP contribution in [0, 0.1) is 0 Å². The van der Waals surface area contributed by atoms with E-state index in [0.29, 0.717) is 35.7 Å². The molecule has 0 bridgehead atoms. The number of carbonyl (C=O) groups excluding carboxylic acids is 2. The molecule has 1 heterocycles. The smallest absolute Gasteiger partial charge is 0.338 e. The van der Waals surface area contributed by atoms with Crippen molar-refractivity contribution in [2.45, 2.75) is 54.3 Å². The minimum Gasteiger partial charge on any atom is -0.462 e. The molecule has 8 nitrogen and oxygen atoms in total. The highest BCUT2D eigenvalue weighted by atomic mass is 32.2. The van der Waals surface area contributed by atoms with E-state index in [9.17, 15) is 18.0 Å². The van der Waals surface area contributed by atoms with Gasteiger partial charge in [-0.25, -0.2) is 13.2 Å². The normalized spacial score (nSPS) is 14.7. The van der Waals surface area contributed by atoms with Crippen molar-refractivity contribution in [3.63, 3.8) is 0 Å². The summed E-state index contributed by atoms with van der Waals surface area (Å²) in [5.74, 6) is -0.582. The van der Waals surface area contributed by atoms with Gasteiger partial charge in [0.25, 0.3) is 0 Å². The third-order valence-corrected chi connectivity index (χ3v) is 8.00. The molecule has 1 aromatic heterocycles. The average molecular weight is 464 g/mol. The number of thioether (sulfide) groups is 1. The van der Waals surface area contributed by atoms with Gasteiger partial charge in [0.2, 0.25) is 5.91 Å². The number of carbonyl (C=O) groups is 2. The largest absolute Gasteiger partial charge is 0.462 e. The van der Waals surface area contributed by atoms with Crippen molar-refractivity contribution in [2.24, 2.45) is 0 Å². The monoisotopic (exact) mass is 463 g/mol. The van der Waals surface area contributed by atoms with Crippen LogP contribution in [0.25, 0.3) is 0 Å². The van der Waals surface area contributed by atoms with Crippen molar-refractivity contribution < 1.29 is 22.7 Å². The molecule has 1 saturated carbocycles. The van der Waals surface area contributed by atoms with E-state index in [-0.39, 0.29) is 21.9 Å². The zero-order valence-electron chi connectivity index (χ0n) is 17.2. The Morgan fingerprint density at radius 2 is 1.77 bits per heavy atom. The van der Waals surface area contributed by atoms with Crippen molar-refractivity contribution >= 4 is 39.2 Å². The lowest BCUT2D eigenvalue weighted by molar-refractivity contribution is -0.113. The lowest BCUT2D eigenvalue weighted by Gasteiger charge is -2.20. The van der Waals surface area contributed by atoms with Crippen LogP contribution in [0.4, 0.5) is 5.69 Å². The molecule has 0 saturated heterocycles. The number of anilines is 1. The molecule has 1 N–H and O–H groups in total. The van der Waals surface area contributed by atoms with E-state index in [4.69, 9.17) is 4.74 Å². The summed E-state index contributed by atoms with van der Waals surface area (Å²) in [5, 5.41) is 10.7. The second kappa shape index (κ2) is 10.7. The second-order valence-electron chi connectivity index (χ2n) is 7.15. The molecule has 0 unspecified atom stereocenters. The van der Waals surface area contributed by atoms with Crippen LogP contribution in [-0.4, -0.2) is 48.1 Å². The molecule has 1 fully saturated rings. The maximum absolute atomic E-state index is 12.7. The summed E-state index contributed by atoms with van der Waals surface area (Å²) >= 11 is 1.16. The van der Waals surface area contributed by atoms with Gasteiger partial charge in [-0.3, -0.25) is 4.79 Å². The molecule has 1 amide bonds. The molecule has 0 atom stereocenters. The van der Waals surface area contributed by atoms with Gasteiger partial charge in [0.05, 0.1) is 23.2 Å². The molecule has 1 aliphatic carbocycles. The maximum Gasteiger partial charge on any atom is 0.338 e. The van der Waals surface area contributed by atoms with Gasteiger partial charge in [0.15, 0.2) is 14.9 Å². The SMILES string of the molecule is CCOC(=O)c1ccc(NC(=O)CSc2ccc(S(=O)(=O)C3CCCCC3)nn2)cc1. The van der Waals surface area contributed by atoms with Crippen molar-refractivity contribution in [3.8, 4) is 0 Å². The molecule has 0 spiro atoms. The maximum atomic E-state index is 12.7. The Morgan fingerprint density at radius 1 is 1.06 bits per heavy atom. The van der Waals surface area contributed by atoms with Gasteiger partial charge in [-0.05, 0) is 56.2 Å². The van der Waals surface area contributed by atoms with E-state index in [1.54, 1.807) is 37.3 Å².